The molecule has 23 heavy (non-hydrogen) atoms. The molecule has 0 aliphatic rings. The lowest BCUT2D eigenvalue weighted by Crippen LogP contribution is -2.12. The minimum Gasteiger partial charge on any atom is -0.322 e. The van der Waals surface area contributed by atoms with Gasteiger partial charge in [0.2, 0.25) is 0 Å². The minimum absolute atomic E-state index is 0.310. The van der Waals surface area contributed by atoms with E-state index in [1.165, 1.54) is 30.5 Å². The van der Waals surface area contributed by atoms with E-state index in [9.17, 15) is 9.18 Å². The summed E-state index contributed by atoms with van der Waals surface area (Å²) in [6.45, 7) is 0. The smallest absolute Gasteiger partial charge is 0.257 e. The Morgan fingerprint density at radius 3 is 2.39 bits per heavy atom. The van der Waals surface area contributed by atoms with Gasteiger partial charge in [-0.1, -0.05) is 29.8 Å². The second-order valence-corrected chi connectivity index (χ2v) is 5.28. The minimum atomic E-state index is -0.353. The van der Waals surface area contributed by atoms with Crippen molar-refractivity contribution < 1.29 is 9.18 Å². The summed E-state index contributed by atoms with van der Waals surface area (Å²) in [5, 5.41) is 3.28. The van der Waals surface area contributed by atoms with Gasteiger partial charge in [0.15, 0.2) is 0 Å². The summed E-state index contributed by atoms with van der Waals surface area (Å²) in [5.41, 5.74) is 2.42. The first kappa shape index (κ1) is 15.2. The molecule has 0 unspecified atom stereocenters. The molecule has 1 aromatic heterocycles. The van der Waals surface area contributed by atoms with Crippen LogP contribution in [0.3, 0.4) is 0 Å². The van der Waals surface area contributed by atoms with Crippen molar-refractivity contribution in [1.82, 2.24) is 4.98 Å². The molecule has 3 rings (SSSR count). The van der Waals surface area contributed by atoms with E-state index >= 15 is 0 Å². The predicted octanol–water partition coefficient (Wildman–Crippen LogP) is 4.79. The molecule has 0 bridgehead atoms. The molecular formula is C18H12ClFN2O. The van der Waals surface area contributed by atoms with Gasteiger partial charge in [-0.25, -0.2) is 4.39 Å². The monoisotopic (exact) mass is 326 g/mol. The first-order valence-corrected chi connectivity index (χ1v) is 7.29. The van der Waals surface area contributed by atoms with Crippen molar-refractivity contribution in [2.45, 2.75) is 0 Å². The summed E-state index contributed by atoms with van der Waals surface area (Å²) in [6, 6.07) is 16.3. The summed E-state index contributed by atoms with van der Waals surface area (Å²) >= 11 is 6.13. The van der Waals surface area contributed by atoms with Crippen LogP contribution in [0.25, 0.3) is 11.3 Å². The van der Waals surface area contributed by atoms with E-state index in [0.29, 0.717) is 22.0 Å². The van der Waals surface area contributed by atoms with Crippen LogP contribution in [0.1, 0.15) is 10.4 Å². The standard InChI is InChI=1S/C18H12ClFN2O/c19-16-4-2-1-3-15(16)17-10-5-12(11-21-17)18(23)22-14-8-6-13(20)7-9-14/h1-11H,(H,22,23). The van der Waals surface area contributed by atoms with Gasteiger partial charge in [0, 0.05) is 22.5 Å². The van der Waals surface area contributed by atoms with Gasteiger partial charge >= 0.3 is 0 Å². The molecule has 2 aromatic carbocycles. The van der Waals surface area contributed by atoms with Crippen molar-refractivity contribution in [2.75, 3.05) is 5.32 Å². The molecule has 5 heteroatoms. The molecule has 0 atom stereocenters. The van der Waals surface area contributed by atoms with Crippen molar-refractivity contribution in [2.24, 2.45) is 0 Å². The molecule has 3 aromatic rings. The van der Waals surface area contributed by atoms with Crippen molar-refractivity contribution in [3.8, 4) is 11.3 Å². The molecule has 0 saturated carbocycles. The quantitative estimate of drug-likeness (QED) is 0.751. The highest BCUT2D eigenvalue weighted by Gasteiger charge is 2.09. The third-order valence-electron chi connectivity index (χ3n) is 3.28. The number of nitrogens with zero attached hydrogens (tertiary/aromatic N) is 1. The van der Waals surface area contributed by atoms with Crippen LogP contribution in [0.5, 0.6) is 0 Å². The molecule has 0 aliphatic heterocycles. The van der Waals surface area contributed by atoms with Crippen molar-refractivity contribution in [1.29, 1.82) is 0 Å². The van der Waals surface area contributed by atoms with Crippen molar-refractivity contribution in [3.63, 3.8) is 0 Å². The number of amides is 1. The summed E-state index contributed by atoms with van der Waals surface area (Å²) in [4.78, 5) is 16.4. The number of anilines is 1. The van der Waals surface area contributed by atoms with Crippen LogP contribution >= 0.6 is 11.6 Å². The fourth-order valence-electron chi connectivity index (χ4n) is 2.09. The number of halogens is 2. The molecule has 114 valence electrons. The number of nitrogens with one attached hydrogen (secondary N) is 1. The maximum Gasteiger partial charge on any atom is 0.257 e. The lowest BCUT2D eigenvalue weighted by molar-refractivity contribution is 0.102. The summed E-state index contributed by atoms with van der Waals surface area (Å²) in [5.74, 6) is -0.663. The Kier molecular flexibility index (Phi) is 4.35. The number of hydrogen-bond acceptors (Lipinski definition) is 2. The second kappa shape index (κ2) is 6.58. The van der Waals surface area contributed by atoms with Crippen molar-refractivity contribution in [3.05, 3.63) is 83.3 Å². The molecule has 0 fully saturated rings. The zero-order chi connectivity index (χ0) is 16.2. The molecule has 1 heterocycles. The van der Waals surface area contributed by atoms with E-state index in [1.807, 2.05) is 18.2 Å². The van der Waals surface area contributed by atoms with Crippen LogP contribution in [0.2, 0.25) is 5.02 Å². The maximum atomic E-state index is 12.9. The van der Waals surface area contributed by atoms with Gasteiger partial charge in [-0.3, -0.25) is 9.78 Å². The second-order valence-electron chi connectivity index (χ2n) is 4.87. The van der Waals surface area contributed by atoms with Crippen LogP contribution in [-0.4, -0.2) is 10.9 Å². The van der Waals surface area contributed by atoms with E-state index in [-0.39, 0.29) is 11.7 Å². The fourth-order valence-corrected chi connectivity index (χ4v) is 2.33. The third-order valence-corrected chi connectivity index (χ3v) is 3.61. The third kappa shape index (κ3) is 3.55. The van der Waals surface area contributed by atoms with E-state index in [2.05, 4.69) is 10.3 Å². The molecule has 0 spiro atoms. The first-order valence-electron chi connectivity index (χ1n) is 6.91. The lowest BCUT2D eigenvalue weighted by Gasteiger charge is -2.07. The van der Waals surface area contributed by atoms with Crippen LogP contribution < -0.4 is 5.32 Å². The van der Waals surface area contributed by atoms with Crippen molar-refractivity contribution >= 4 is 23.2 Å². The Labute approximate surface area is 137 Å². The van der Waals surface area contributed by atoms with Gasteiger partial charge in [-0.05, 0) is 42.5 Å². The fraction of sp³-hybridized carbons (Fsp3) is 0. The summed E-state index contributed by atoms with van der Waals surface area (Å²) in [7, 11) is 0. The predicted molar refractivity (Wildman–Crippen MR) is 89.0 cm³/mol. The first-order chi connectivity index (χ1) is 11.1. The Morgan fingerprint density at radius 1 is 1.00 bits per heavy atom. The molecule has 0 aliphatic carbocycles. The zero-order valence-corrected chi connectivity index (χ0v) is 12.7. The number of hydrogen-bond donors (Lipinski definition) is 1. The molecule has 1 amide bonds. The zero-order valence-electron chi connectivity index (χ0n) is 12.0. The Bertz CT molecular complexity index is 832. The SMILES string of the molecule is O=C(Nc1ccc(F)cc1)c1ccc(-c2ccccc2Cl)nc1. The van der Waals surface area contributed by atoms with E-state index in [1.54, 1.807) is 18.2 Å². The van der Waals surface area contributed by atoms with E-state index in [0.717, 1.165) is 5.56 Å². The Morgan fingerprint density at radius 2 is 1.74 bits per heavy atom. The van der Waals surface area contributed by atoms with Gasteiger partial charge in [0.25, 0.3) is 5.91 Å². The van der Waals surface area contributed by atoms with Crippen LogP contribution in [0.15, 0.2) is 66.9 Å². The number of aromatic nitrogens is 1. The van der Waals surface area contributed by atoms with Crippen LogP contribution in [-0.2, 0) is 0 Å². The molecular weight excluding hydrogens is 315 g/mol. The number of carbonyl (C=O) groups excluding carboxylic acids is 1. The number of carbonyl (C=O) groups is 1. The highest BCUT2D eigenvalue weighted by Crippen LogP contribution is 2.25. The van der Waals surface area contributed by atoms with Gasteiger partial charge in [0.1, 0.15) is 5.82 Å². The average molecular weight is 327 g/mol. The highest BCUT2D eigenvalue weighted by molar-refractivity contribution is 6.33. The van der Waals surface area contributed by atoms with Crippen LogP contribution in [0, 0.1) is 5.82 Å². The van der Waals surface area contributed by atoms with Gasteiger partial charge in [0.05, 0.1) is 11.3 Å². The molecule has 0 saturated heterocycles. The van der Waals surface area contributed by atoms with E-state index in [4.69, 9.17) is 11.6 Å². The van der Waals surface area contributed by atoms with Crippen LogP contribution in [0.4, 0.5) is 10.1 Å². The number of pyridine rings is 1. The lowest BCUT2D eigenvalue weighted by atomic mass is 10.1. The maximum absolute atomic E-state index is 12.9. The Balaban J connectivity index is 1.78. The topological polar surface area (TPSA) is 42.0 Å². The largest absolute Gasteiger partial charge is 0.322 e. The Hall–Kier alpha value is -2.72. The van der Waals surface area contributed by atoms with E-state index < -0.39 is 0 Å². The highest BCUT2D eigenvalue weighted by atomic mass is 35.5. The summed E-state index contributed by atoms with van der Waals surface area (Å²) in [6.07, 6.45) is 1.48. The average Bonchev–Trinajstić information content (AvgIpc) is 2.57. The number of benzene rings is 2. The summed E-state index contributed by atoms with van der Waals surface area (Å²) < 4.78 is 12.9. The molecule has 3 nitrogen and oxygen atoms in total. The normalized spacial score (nSPS) is 10.3. The number of rotatable bonds is 3. The molecule has 1 N–H and O–H groups in total. The molecule has 0 radical (unpaired) electrons. The van der Waals surface area contributed by atoms with Gasteiger partial charge < -0.3 is 5.32 Å². The van der Waals surface area contributed by atoms with Gasteiger partial charge in [-0.2, -0.15) is 0 Å². The van der Waals surface area contributed by atoms with Gasteiger partial charge in [-0.15, -0.1) is 0 Å².